The molecule has 1 fully saturated rings. The number of pyridine rings is 1. The van der Waals surface area contributed by atoms with Crippen molar-refractivity contribution in [3.05, 3.63) is 66.6 Å². The largest absolute Gasteiger partial charge is 0.396 e. The second-order valence-electron chi connectivity index (χ2n) is 8.06. The van der Waals surface area contributed by atoms with Crippen molar-refractivity contribution < 1.29 is 14.6 Å². The van der Waals surface area contributed by atoms with Crippen molar-refractivity contribution in [1.29, 1.82) is 0 Å². The third-order valence-corrected chi connectivity index (χ3v) is 6.87. The van der Waals surface area contributed by atoms with E-state index in [1.54, 1.807) is 29.7 Å². The van der Waals surface area contributed by atoms with Crippen LogP contribution < -0.4 is 10.6 Å². The zero-order valence-electron chi connectivity index (χ0n) is 17.2. The van der Waals surface area contributed by atoms with Crippen molar-refractivity contribution in [1.82, 2.24) is 9.97 Å². The number of hydrogen-bond acceptors (Lipinski definition) is 7. The summed E-state index contributed by atoms with van der Waals surface area (Å²) < 4.78 is 14.3. The fourth-order valence-electron chi connectivity index (χ4n) is 4.12. The normalized spacial score (nSPS) is 20.5. The molecule has 0 radical (unpaired) electrons. The molecule has 8 heteroatoms. The lowest BCUT2D eigenvalue weighted by atomic mass is 10.1. The van der Waals surface area contributed by atoms with E-state index in [0.717, 1.165) is 32.2 Å². The van der Waals surface area contributed by atoms with E-state index < -0.39 is 6.10 Å². The predicted octanol–water partition coefficient (Wildman–Crippen LogP) is 4.78. The van der Waals surface area contributed by atoms with E-state index in [0.29, 0.717) is 18.7 Å². The van der Waals surface area contributed by atoms with Gasteiger partial charge in [-0.1, -0.05) is 12.1 Å². The molecule has 1 aliphatic rings. The first-order valence-electron chi connectivity index (χ1n) is 10.5. The van der Waals surface area contributed by atoms with Gasteiger partial charge >= 0.3 is 0 Å². The van der Waals surface area contributed by atoms with Gasteiger partial charge in [-0.2, -0.15) is 0 Å². The maximum absolute atomic E-state index is 13.2. The van der Waals surface area contributed by atoms with Crippen molar-refractivity contribution in [3.8, 4) is 10.6 Å². The summed E-state index contributed by atoms with van der Waals surface area (Å²) in [4.78, 5) is 9.33. The van der Waals surface area contributed by atoms with Crippen molar-refractivity contribution in [2.45, 2.75) is 25.0 Å². The van der Waals surface area contributed by atoms with E-state index >= 15 is 0 Å². The molecule has 1 aliphatic carbocycles. The van der Waals surface area contributed by atoms with Gasteiger partial charge in [0.15, 0.2) is 0 Å². The molecule has 0 amide bonds. The van der Waals surface area contributed by atoms with Gasteiger partial charge in [0.25, 0.3) is 0 Å². The highest BCUT2D eigenvalue weighted by Gasteiger charge is 2.32. The lowest BCUT2D eigenvalue weighted by Gasteiger charge is -2.18. The smallest absolute Gasteiger partial charge is 0.132 e. The number of hydrogen-bond donors (Lipinski definition) is 4. The first-order chi connectivity index (χ1) is 15.6. The lowest BCUT2D eigenvalue weighted by Crippen LogP contribution is -2.17. The van der Waals surface area contributed by atoms with Crippen LogP contribution in [0.3, 0.4) is 0 Å². The van der Waals surface area contributed by atoms with Crippen LogP contribution in [0.2, 0.25) is 0 Å². The van der Waals surface area contributed by atoms with Crippen LogP contribution in [0.5, 0.6) is 0 Å². The topological polar surface area (TPSA) is 90.3 Å². The monoisotopic (exact) mass is 450 g/mol. The van der Waals surface area contributed by atoms with Crippen LogP contribution in [-0.2, 0) is 0 Å². The fourth-order valence-corrected chi connectivity index (χ4v) is 5.11. The second-order valence-corrected chi connectivity index (χ2v) is 9.09. The molecular formula is C24H23FN4O2S. The molecular weight excluding hydrogens is 427 g/mol. The summed E-state index contributed by atoms with van der Waals surface area (Å²) in [6.45, 7) is -0.0300. The Bertz CT molecular complexity index is 1200. The molecule has 2 heterocycles. The average molecular weight is 451 g/mol. The van der Waals surface area contributed by atoms with Crippen LogP contribution in [0.1, 0.15) is 12.8 Å². The van der Waals surface area contributed by atoms with Gasteiger partial charge < -0.3 is 20.8 Å². The number of nitrogens with one attached hydrogen (secondary N) is 2. The molecule has 3 unspecified atom stereocenters. The first kappa shape index (κ1) is 20.8. The summed E-state index contributed by atoms with van der Waals surface area (Å²) in [5.74, 6) is 0.188. The maximum Gasteiger partial charge on any atom is 0.132 e. The SMILES string of the molecule is OCC1CC(Nc2cc(Nc3ccc(F)cc3)ncc2-c2nc3ccccc3s2)CC1O. The number of aliphatic hydroxyl groups is 2. The van der Waals surface area contributed by atoms with E-state index in [1.807, 2.05) is 30.3 Å². The zero-order chi connectivity index (χ0) is 22.1. The van der Waals surface area contributed by atoms with Crippen LogP contribution in [0.25, 0.3) is 20.8 Å². The van der Waals surface area contributed by atoms with Gasteiger partial charge in [0.1, 0.15) is 16.6 Å². The number of aromatic nitrogens is 2. The standard InChI is InChI=1S/C24H23FN4O2S/c25-15-5-7-16(8-6-15)28-23-11-20(27-17-9-14(13-30)21(31)10-17)18(12-26-23)24-29-19-3-1-2-4-22(19)32-24/h1-8,11-12,14,17,21,30-31H,9-10,13H2,(H2,26,27,28). The number of fused-ring (bicyclic) bond motifs is 1. The summed E-state index contributed by atoms with van der Waals surface area (Å²) in [6, 6.07) is 16.0. The Balaban J connectivity index is 1.49. The number of para-hydroxylation sites is 1. The molecule has 0 saturated heterocycles. The molecule has 6 nitrogen and oxygen atoms in total. The number of nitrogens with zero attached hydrogens (tertiary/aromatic N) is 2. The maximum atomic E-state index is 13.2. The van der Waals surface area contributed by atoms with Gasteiger partial charge in [-0.25, -0.2) is 14.4 Å². The Hall–Kier alpha value is -3.07. The summed E-state index contributed by atoms with van der Waals surface area (Å²) >= 11 is 1.60. The molecule has 5 rings (SSSR count). The van der Waals surface area contributed by atoms with E-state index in [1.165, 1.54) is 12.1 Å². The van der Waals surface area contributed by atoms with Crippen LogP contribution >= 0.6 is 11.3 Å². The molecule has 2 aromatic heterocycles. The minimum atomic E-state index is -0.526. The molecule has 32 heavy (non-hydrogen) atoms. The summed E-state index contributed by atoms with van der Waals surface area (Å²) in [7, 11) is 0. The number of benzene rings is 2. The number of rotatable bonds is 6. The molecule has 0 spiro atoms. The van der Waals surface area contributed by atoms with Crippen molar-refractivity contribution >= 4 is 38.7 Å². The Morgan fingerprint density at radius 2 is 1.91 bits per heavy atom. The van der Waals surface area contributed by atoms with Crippen molar-refractivity contribution in [2.75, 3.05) is 17.2 Å². The quantitative estimate of drug-likeness (QED) is 0.338. The Morgan fingerprint density at radius 1 is 1.09 bits per heavy atom. The molecule has 1 saturated carbocycles. The number of thiazole rings is 1. The van der Waals surface area contributed by atoms with Crippen molar-refractivity contribution in [3.63, 3.8) is 0 Å². The highest BCUT2D eigenvalue weighted by Crippen LogP contribution is 2.37. The van der Waals surface area contributed by atoms with Gasteiger partial charge in [-0.05, 0) is 49.2 Å². The van der Waals surface area contributed by atoms with Crippen LogP contribution in [0, 0.1) is 11.7 Å². The zero-order valence-corrected chi connectivity index (χ0v) is 18.0. The molecule has 4 N–H and O–H groups in total. The van der Waals surface area contributed by atoms with Crippen LogP contribution in [0.4, 0.5) is 21.6 Å². The first-order valence-corrected chi connectivity index (χ1v) is 11.3. The third kappa shape index (κ3) is 4.29. The Labute approximate surface area is 188 Å². The average Bonchev–Trinajstić information content (AvgIpc) is 3.38. The highest BCUT2D eigenvalue weighted by molar-refractivity contribution is 7.21. The van der Waals surface area contributed by atoms with Crippen LogP contribution in [-0.4, -0.2) is 38.9 Å². The Morgan fingerprint density at radius 3 is 2.66 bits per heavy atom. The van der Waals surface area contributed by atoms with E-state index in [4.69, 9.17) is 4.98 Å². The summed E-state index contributed by atoms with van der Waals surface area (Å²) in [5.41, 5.74) is 3.38. The predicted molar refractivity (Wildman–Crippen MR) is 126 cm³/mol. The van der Waals surface area contributed by atoms with Crippen LogP contribution in [0.15, 0.2) is 60.8 Å². The minimum Gasteiger partial charge on any atom is -0.396 e. The van der Waals surface area contributed by atoms with E-state index in [2.05, 4.69) is 15.6 Å². The minimum absolute atomic E-state index is 0.0244. The van der Waals surface area contributed by atoms with Crippen molar-refractivity contribution in [2.24, 2.45) is 5.92 Å². The number of anilines is 3. The Kier molecular flexibility index (Phi) is 5.73. The van der Waals surface area contributed by atoms with E-state index in [-0.39, 0.29) is 24.4 Å². The van der Waals surface area contributed by atoms with Gasteiger partial charge in [0.05, 0.1) is 21.9 Å². The summed E-state index contributed by atoms with van der Waals surface area (Å²) in [6.07, 6.45) is 2.50. The molecule has 4 aromatic rings. The van der Waals surface area contributed by atoms with Gasteiger partial charge in [-0.15, -0.1) is 11.3 Å². The van der Waals surface area contributed by atoms with E-state index in [9.17, 15) is 14.6 Å². The van der Waals surface area contributed by atoms with Gasteiger partial charge in [0, 0.05) is 42.2 Å². The lowest BCUT2D eigenvalue weighted by molar-refractivity contribution is 0.0908. The summed E-state index contributed by atoms with van der Waals surface area (Å²) in [5, 5.41) is 27.3. The molecule has 3 atom stereocenters. The third-order valence-electron chi connectivity index (χ3n) is 5.80. The molecule has 0 aliphatic heterocycles. The highest BCUT2D eigenvalue weighted by atomic mass is 32.1. The fraction of sp³-hybridized carbons (Fsp3) is 0.250. The molecule has 0 bridgehead atoms. The molecule has 164 valence electrons. The number of halogens is 1. The van der Waals surface area contributed by atoms with Gasteiger partial charge in [-0.3, -0.25) is 0 Å². The van der Waals surface area contributed by atoms with Gasteiger partial charge in [0.2, 0.25) is 0 Å². The second kappa shape index (κ2) is 8.82. The molecule has 2 aromatic carbocycles. The number of aliphatic hydroxyl groups excluding tert-OH is 2.